The van der Waals surface area contributed by atoms with Crippen LogP contribution in [0, 0.1) is 5.41 Å². The molecule has 4 rings (SSSR count). The predicted octanol–water partition coefficient (Wildman–Crippen LogP) is 4.03. The van der Waals surface area contributed by atoms with Gasteiger partial charge in [-0.05, 0) is 42.8 Å². The summed E-state index contributed by atoms with van der Waals surface area (Å²) in [7, 11) is 0. The lowest BCUT2D eigenvalue weighted by Crippen LogP contribution is -2.31. The average Bonchev–Trinajstić information content (AvgIpc) is 3.29. The number of nitrogen functional groups attached to an aromatic ring is 1. The van der Waals surface area contributed by atoms with Gasteiger partial charge in [0.05, 0.1) is 11.3 Å². The Hall–Kier alpha value is -3.91. The van der Waals surface area contributed by atoms with Crippen molar-refractivity contribution in [2.24, 2.45) is 0 Å². The predicted molar refractivity (Wildman–Crippen MR) is 129 cm³/mol. The average molecular weight is 463 g/mol. The molecule has 0 aliphatic carbocycles. The van der Waals surface area contributed by atoms with E-state index in [1.54, 1.807) is 29.2 Å². The van der Waals surface area contributed by atoms with Gasteiger partial charge in [-0.2, -0.15) is 0 Å². The van der Waals surface area contributed by atoms with Crippen LogP contribution < -0.4 is 15.8 Å². The highest BCUT2D eigenvalue weighted by molar-refractivity contribution is 6.26. The van der Waals surface area contributed by atoms with Gasteiger partial charge in [0, 0.05) is 36.3 Å². The number of anilines is 2. The van der Waals surface area contributed by atoms with E-state index in [2.05, 4.69) is 15.3 Å². The Balaban J connectivity index is 1.50. The second-order valence-corrected chi connectivity index (χ2v) is 7.76. The summed E-state index contributed by atoms with van der Waals surface area (Å²) in [6.07, 6.45) is 3.43. The van der Waals surface area contributed by atoms with Crippen LogP contribution in [0.3, 0.4) is 0 Å². The van der Waals surface area contributed by atoms with Crippen LogP contribution in [0.4, 0.5) is 11.6 Å². The fourth-order valence-electron chi connectivity index (χ4n) is 3.64. The zero-order valence-electron chi connectivity index (χ0n) is 17.7. The molecule has 33 heavy (non-hydrogen) atoms. The van der Waals surface area contributed by atoms with Crippen LogP contribution in [-0.2, 0) is 4.79 Å². The maximum absolute atomic E-state index is 12.0. The molecule has 0 bridgehead atoms. The number of para-hydroxylation sites is 1. The number of nitrogens with two attached hydrogens (primary N) is 1. The number of aromatic nitrogens is 2. The lowest BCUT2D eigenvalue weighted by atomic mass is 10.0. The molecule has 1 aliphatic rings. The number of hydrogen-bond acceptors (Lipinski definition) is 7. The van der Waals surface area contributed by atoms with Gasteiger partial charge in [-0.25, -0.2) is 9.97 Å². The molecule has 0 unspecified atom stereocenters. The minimum absolute atomic E-state index is 0.0276. The zero-order chi connectivity index (χ0) is 23.2. The molecule has 2 heterocycles. The number of rotatable bonds is 7. The molecule has 4 N–H and O–H groups in total. The maximum atomic E-state index is 12.0. The van der Waals surface area contributed by atoms with Crippen LogP contribution in [0.5, 0.6) is 11.5 Å². The number of likely N-dealkylation sites (tertiary alicyclic amines) is 1. The molecule has 0 saturated carbocycles. The minimum atomic E-state index is -0.137. The Morgan fingerprint density at radius 2 is 1.88 bits per heavy atom. The quantitative estimate of drug-likeness (QED) is 0.360. The molecule has 0 radical (unpaired) electrons. The first kappa shape index (κ1) is 22.3. The molecular formula is C24H23ClN6O2. The number of halogens is 1. The summed E-state index contributed by atoms with van der Waals surface area (Å²) in [6.45, 7) is 1.11. The Morgan fingerprint density at radius 1 is 1.15 bits per heavy atom. The molecule has 1 atom stereocenters. The van der Waals surface area contributed by atoms with Crippen molar-refractivity contribution in [1.29, 1.82) is 5.41 Å². The molecule has 168 valence electrons. The third kappa shape index (κ3) is 5.30. The number of nitrogens with one attached hydrogen (secondary N) is 2. The maximum Gasteiger partial charge on any atom is 0.247 e. The van der Waals surface area contributed by atoms with Gasteiger partial charge in [0.15, 0.2) is 0 Å². The second-order valence-electron chi connectivity index (χ2n) is 7.50. The van der Waals surface area contributed by atoms with E-state index in [1.165, 1.54) is 17.9 Å². The number of carbonyl (C=O) groups is 1. The number of benzene rings is 2. The molecule has 1 aliphatic heterocycles. The van der Waals surface area contributed by atoms with Crippen LogP contribution in [-0.4, -0.2) is 45.6 Å². The van der Waals surface area contributed by atoms with Crippen molar-refractivity contribution in [1.82, 2.24) is 14.9 Å². The van der Waals surface area contributed by atoms with Gasteiger partial charge < -0.3 is 20.7 Å². The number of amides is 1. The fraction of sp³-hybridized carbons (Fsp3) is 0.167. The first-order valence-corrected chi connectivity index (χ1v) is 10.8. The van der Waals surface area contributed by atoms with Gasteiger partial charge in [0.1, 0.15) is 29.5 Å². The van der Waals surface area contributed by atoms with E-state index in [0.29, 0.717) is 35.8 Å². The fourth-order valence-corrected chi connectivity index (χ4v) is 3.75. The van der Waals surface area contributed by atoms with Crippen molar-refractivity contribution in [2.45, 2.75) is 12.5 Å². The SMILES string of the molecule is N=C(c1ccc(Oc2ccccc2)cc1)c1c(N)ncnc1N[C@H]1CCN(C(=O)/C=C/Cl)C1. The Kier molecular flexibility index (Phi) is 6.85. The van der Waals surface area contributed by atoms with E-state index in [0.717, 1.165) is 12.2 Å². The molecule has 3 aromatic rings. The highest BCUT2D eigenvalue weighted by atomic mass is 35.5. The highest BCUT2D eigenvalue weighted by Crippen LogP contribution is 2.26. The summed E-state index contributed by atoms with van der Waals surface area (Å²) in [5.74, 6) is 1.93. The van der Waals surface area contributed by atoms with Crippen LogP contribution >= 0.6 is 11.6 Å². The number of carbonyl (C=O) groups excluding carboxylic acids is 1. The normalized spacial score (nSPS) is 15.5. The van der Waals surface area contributed by atoms with Crippen molar-refractivity contribution in [3.63, 3.8) is 0 Å². The molecule has 1 saturated heterocycles. The molecule has 1 aromatic heterocycles. The molecule has 9 heteroatoms. The highest BCUT2D eigenvalue weighted by Gasteiger charge is 2.27. The number of hydrogen-bond donors (Lipinski definition) is 3. The van der Waals surface area contributed by atoms with Crippen molar-refractivity contribution < 1.29 is 9.53 Å². The van der Waals surface area contributed by atoms with Gasteiger partial charge >= 0.3 is 0 Å². The van der Waals surface area contributed by atoms with E-state index in [9.17, 15) is 4.79 Å². The third-order valence-electron chi connectivity index (χ3n) is 5.29. The summed E-state index contributed by atoms with van der Waals surface area (Å²) in [5, 5.41) is 12.1. The van der Waals surface area contributed by atoms with Crippen molar-refractivity contribution in [3.05, 3.63) is 83.7 Å². The van der Waals surface area contributed by atoms with Gasteiger partial charge in [0.2, 0.25) is 5.91 Å². The summed E-state index contributed by atoms with van der Waals surface area (Å²) in [6, 6.07) is 16.6. The van der Waals surface area contributed by atoms with E-state index >= 15 is 0 Å². The minimum Gasteiger partial charge on any atom is -0.457 e. The van der Waals surface area contributed by atoms with Gasteiger partial charge in [-0.3, -0.25) is 10.2 Å². The van der Waals surface area contributed by atoms with Crippen molar-refractivity contribution in [2.75, 3.05) is 24.1 Å². The van der Waals surface area contributed by atoms with E-state index in [1.807, 2.05) is 30.3 Å². The molecule has 1 amide bonds. The number of nitrogens with zero attached hydrogens (tertiary/aromatic N) is 3. The first-order valence-electron chi connectivity index (χ1n) is 10.4. The molecule has 0 spiro atoms. The van der Waals surface area contributed by atoms with E-state index in [4.69, 9.17) is 27.5 Å². The van der Waals surface area contributed by atoms with E-state index < -0.39 is 0 Å². The molecule has 1 fully saturated rings. The van der Waals surface area contributed by atoms with Crippen molar-refractivity contribution in [3.8, 4) is 11.5 Å². The van der Waals surface area contributed by atoms with Crippen LogP contribution in [0.25, 0.3) is 0 Å². The Bertz CT molecular complexity index is 1170. The zero-order valence-corrected chi connectivity index (χ0v) is 18.5. The molecule has 8 nitrogen and oxygen atoms in total. The van der Waals surface area contributed by atoms with Crippen LogP contribution in [0.2, 0.25) is 0 Å². The number of ether oxygens (including phenoxy) is 1. The van der Waals surface area contributed by atoms with Crippen LogP contribution in [0.1, 0.15) is 17.5 Å². The lowest BCUT2D eigenvalue weighted by molar-refractivity contribution is -0.125. The summed E-state index contributed by atoms with van der Waals surface area (Å²) < 4.78 is 5.82. The van der Waals surface area contributed by atoms with E-state index in [-0.39, 0.29) is 23.5 Å². The summed E-state index contributed by atoms with van der Waals surface area (Å²) >= 11 is 5.52. The lowest BCUT2D eigenvalue weighted by Gasteiger charge is -2.18. The Labute approximate surface area is 196 Å². The third-order valence-corrected chi connectivity index (χ3v) is 5.42. The second kappa shape index (κ2) is 10.1. The van der Waals surface area contributed by atoms with Gasteiger partial charge in [0.25, 0.3) is 0 Å². The first-order chi connectivity index (χ1) is 16.0. The monoisotopic (exact) mass is 462 g/mol. The molecule has 2 aromatic carbocycles. The van der Waals surface area contributed by atoms with Gasteiger partial charge in [-0.1, -0.05) is 29.8 Å². The standard InChI is InChI=1S/C24H23ClN6O2/c25-12-10-20(32)31-13-11-17(14-31)30-24-21(23(27)28-15-29-24)22(26)16-6-8-19(9-7-16)33-18-4-2-1-3-5-18/h1-10,12,15,17,26H,11,13-14H2,(H3,27,28,29,30)/b12-10+,26-22?/t17-/m0/s1. The topological polar surface area (TPSA) is 117 Å². The van der Waals surface area contributed by atoms with Gasteiger partial charge in [-0.15, -0.1) is 0 Å². The largest absolute Gasteiger partial charge is 0.457 e. The van der Waals surface area contributed by atoms with Crippen molar-refractivity contribution >= 4 is 34.9 Å². The summed E-state index contributed by atoms with van der Waals surface area (Å²) in [4.78, 5) is 22.1. The van der Waals surface area contributed by atoms with Crippen LogP contribution in [0.15, 0.2) is 72.5 Å². The Morgan fingerprint density at radius 3 is 2.61 bits per heavy atom. The summed E-state index contributed by atoms with van der Waals surface area (Å²) in [5.41, 5.74) is 8.61. The molecular weight excluding hydrogens is 440 g/mol. The smallest absolute Gasteiger partial charge is 0.247 e.